The van der Waals surface area contributed by atoms with Crippen molar-refractivity contribution in [1.82, 2.24) is 10.3 Å². The van der Waals surface area contributed by atoms with Crippen molar-refractivity contribution in [3.8, 4) is 0 Å². The first-order valence-electron chi connectivity index (χ1n) is 10.1. The van der Waals surface area contributed by atoms with Crippen LogP contribution in [0.2, 0.25) is 0 Å². The van der Waals surface area contributed by atoms with Crippen molar-refractivity contribution >= 4 is 16.8 Å². The van der Waals surface area contributed by atoms with E-state index < -0.39 is 0 Å². The largest absolute Gasteiger partial charge is 0.354 e. The third kappa shape index (κ3) is 3.03. The third-order valence-corrected chi connectivity index (χ3v) is 7.22. The quantitative estimate of drug-likeness (QED) is 0.809. The van der Waals surface area contributed by atoms with E-state index in [1.807, 2.05) is 20.0 Å². The summed E-state index contributed by atoms with van der Waals surface area (Å²) in [5.74, 6) is 0.490. The molecule has 2 aliphatic carbocycles. The topological polar surface area (TPSA) is 42.0 Å². The molecule has 2 aromatic rings. The number of fused-ring (bicyclic) bond motifs is 2. The number of rotatable bonds is 3. The van der Waals surface area contributed by atoms with E-state index >= 15 is 0 Å². The van der Waals surface area contributed by atoms with Crippen LogP contribution in [0.15, 0.2) is 30.5 Å². The minimum atomic E-state index is -0.210. The zero-order valence-electron chi connectivity index (χ0n) is 16.7. The van der Waals surface area contributed by atoms with E-state index in [4.69, 9.17) is 0 Å². The van der Waals surface area contributed by atoms with Crippen molar-refractivity contribution in [2.45, 2.75) is 65.3 Å². The average molecular weight is 368 g/mol. The molecule has 2 aliphatic rings. The van der Waals surface area contributed by atoms with Gasteiger partial charge in [-0.1, -0.05) is 13.8 Å². The molecule has 1 aromatic heterocycles. The fourth-order valence-corrected chi connectivity index (χ4v) is 5.78. The summed E-state index contributed by atoms with van der Waals surface area (Å²) in [5, 5.41) is 4.03. The summed E-state index contributed by atoms with van der Waals surface area (Å²) in [7, 11) is 0. The third-order valence-electron chi connectivity index (χ3n) is 7.22. The van der Waals surface area contributed by atoms with Gasteiger partial charge in [0.15, 0.2) is 0 Å². The molecule has 1 amide bonds. The molecule has 144 valence electrons. The van der Waals surface area contributed by atoms with Gasteiger partial charge in [0.25, 0.3) is 0 Å². The highest BCUT2D eigenvalue weighted by Gasteiger charge is 2.59. The summed E-state index contributed by atoms with van der Waals surface area (Å²) in [4.78, 5) is 17.0. The number of amides is 1. The molecule has 3 nitrogen and oxygen atoms in total. The van der Waals surface area contributed by atoms with Crippen LogP contribution in [0.25, 0.3) is 10.9 Å². The summed E-state index contributed by atoms with van der Waals surface area (Å²) < 4.78 is 13.9. The molecule has 4 atom stereocenters. The molecule has 1 unspecified atom stereocenters. The highest BCUT2D eigenvalue weighted by molar-refractivity contribution is 5.83. The zero-order valence-corrected chi connectivity index (χ0v) is 16.7. The molecule has 1 heterocycles. The second-order valence-electron chi connectivity index (χ2n) is 9.56. The number of halogens is 1. The Morgan fingerprint density at radius 2 is 1.81 bits per heavy atom. The molecule has 0 saturated heterocycles. The Morgan fingerprint density at radius 1 is 1.15 bits per heavy atom. The van der Waals surface area contributed by atoms with Crippen molar-refractivity contribution in [2.24, 2.45) is 16.7 Å². The Bertz CT molecular complexity index is 875. The van der Waals surface area contributed by atoms with Gasteiger partial charge in [-0.25, -0.2) is 4.39 Å². The number of hydrogen-bond acceptors (Lipinski definition) is 2. The van der Waals surface area contributed by atoms with Crippen LogP contribution in [0.4, 0.5) is 4.39 Å². The summed E-state index contributed by atoms with van der Waals surface area (Å²) in [5.41, 5.74) is 2.34. The Morgan fingerprint density at radius 3 is 2.44 bits per heavy atom. The number of aromatic nitrogens is 1. The number of pyridine rings is 1. The number of carbonyl (C=O) groups excluding carboxylic acids is 1. The van der Waals surface area contributed by atoms with Gasteiger partial charge in [-0.05, 0) is 86.1 Å². The van der Waals surface area contributed by atoms with E-state index in [0.717, 1.165) is 36.6 Å². The maximum atomic E-state index is 13.9. The lowest BCUT2D eigenvalue weighted by molar-refractivity contribution is -0.125. The van der Waals surface area contributed by atoms with Gasteiger partial charge in [-0.2, -0.15) is 0 Å². The predicted octanol–water partition coefficient (Wildman–Crippen LogP) is 5.20. The number of benzene rings is 1. The van der Waals surface area contributed by atoms with Crippen LogP contribution in [-0.2, 0) is 4.79 Å². The Labute approximate surface area is 160 Å². The Balaban J connectivity index is 1.62. The van der Waals surface area contributed by atoms with Crippen LogP contribution in [0.3, 0.4) is 0 Å². The minimum absolute atomic E-state index is 0.106. The first-order chi connectivity index (χ1) is 12.7. The number of carbonyl (C=O) groups is 1. The summed E-state index contributed by atoms with van der Waals surface area (Å²) in [6.07, 6.45) is 5.81. The van der Waals surface area contributed by atoms with Gasteiger partial charge in [0.2, 0.25) is 5.91 Å². The summed E-state index contributed by atoms with van der Waals surface area (Å²) >= 11 is 0. The second kappa shape index (κ2) is 6.29. The van der Waals surface area contributed by atoms with Gasteiger partial charge in [0.05, 0.1) is 5.52 Å². The lowest BCUT2D eigenvalue weighted by Crippen LogP contribution is -2.35. The molecule has 1 aromatic carbocycles. The van der Waals surface area contributed by atoms with Crippen molar-refractivity contribution in [1.29, 1.82) is 0 Å². The van der Waals surface area contributed by atoms with E-state index in [1.165, 1.54) is 11.6 Å². The molecule has 0 spiro atoms. The fraction of sp³-hybridized carbons (Fsp3) is 0.565. The highest BCUT2D eigenvalue weighted by Crippen LogP contribution is 2.68. The smallest absolute Gasteiger partial charge is 0.223 e. The monoisotopic (exact) mass is 368 g/mol. The van der Waals surface area contributed by atoms with Crippen LogP contribution in [0, 0.1) is 22.6 Å². The van der Waals surface area contributed by atoms with Gasteiger partial charge >= 0.3 is 0 Å². The number of hydrogen-bond donors (Lipinski definition) is 1. The van der Waals surface area contributed by atoms with Crippen LogP contribution < -0.4 is 5.32 Å². The molecule has 0 bridgehead atoms. The van der Waals surface area contributed by atoms with E-state index in [9.17, 15) is 9.18 Å². The normalized spacial score (nSPS) is 32.8. The highest BCUT2D eigenvalue weighted by atomic mass is 19.1. The zero-order chi connectivity index (χ0) is 19.4. The SMILES string of the molecule is CC(C)NC(=O)C1C[C@@]2(C)C[C@@H](c3ccnc4ccc(F)cc34)C[C@@]2(C)C1. The molecule has 0 radical (unpaired) electrons. The second-order valence-corrected chi connectivity index (χ2v) is 9.56. The lowest BCUT2D eigenvalue weighted by Gasteiger charge is -2.33. The molecular weight excluding hydrogens is 339 g/mol. The van der Waals surface area contributed by atoms with Gasteiger partial charge in [-0.15, -0.1) is 0 Å². The maximum absolute atomic E-state index is 13.9. The predicted molar refractivity (Wildman–Crippen MR) is 106 cm³/mol. The molecule has 0 aliphatic heterocycles. The molecule has 1 N–H and O–H groups in total. The Kier molecular flexibility index (Phi) is 4.28. The molecule has 4 rings (SSSR count). The van der Waals surface area contributed by atoms with Crippen LogP contribution in [0.5, 0.6) is 0 Å². The first-order valence-corrected chi connectivity index (χ1v) is 10.1. The maximum Gasteiger partial charge on any atom is 0.223 e. The molecular formula is C23H29FN2O. The van der Waals surface area contributed by atoms with Crippen molar-refractivity contribution < 1.29 is 9.18 Å². The van der Waals surface area contributed by atoms with E-state index in [2.05, 4.69) is 30.2 Å². The fourth-order valence-electron chi connectivity index (χ4n) is 5.78. The van der Waals surface area contributed by atoms with Gasteiger partial charge in [0, 0.05) is 23.5 Å². The van der Waals surface area contributed by atoms with E-state index in [-0.39, 0.29) is 34.5 Å². The summed E-state index contributed by atoms with van der Waals surface area (Å²) in [6, 6.07) is 7.10. The van der Waals surface area contributed by atoms with Crippen LogP contribution in [0.1, 0.15) is 64.9 Å². The van der Waals surface area contributed by atoms with E-state index in [1.54, 1.807) is 12.1 Å². The van der Waals surface area contributed by atoms with Gasteiger partial charge < -0.3 is 5.32 Å². The van der Waals surface area contributed by atoms with Gasteiger partial charge in [-0.3, -0.25) is 9.78 Å². The van der Waals surface area contributed by atoms with E-state index in [0.29, 0.717) is 5.92 Å². The number of nitrogens with one attached hydrogen (secondary N) is 1. The lowest BCUT2D eigenvalue weighted by atomic mass is 9.71. The molecule has 27 heavy (non-hydrogen) atoms. The number of nitrogens with zero attached hydrogens (tertiary/aromatic N) is 1. The molecule has 2 fully saturated rings. The average Bonchev–Trinajstić information content (AvgIpc) is 2.98. The first kappa shape index (κ1) is 18.4. The van der Waals surface area contributed by atoms with Crippen molar-refractivity contribution in [3.05, 3.63) is 41.8 Å². The summed E-state index contributed by atoms with van der Waals surface area (Å²) in [6.45, 7) is 8.72. The van der Waals surface area contributed by atoms with Gasteiger partial charge in [0.1, 0.15) is 5.82 Å². The van der Waals surface area contributed by atoms with Crippen molar-refractivity contribution in [3.63, 3.8) is 0 Å². The molecule has 2 saturated carbocycles. The minimum Gasteiger partial charge on any atom is -0.354 e. The van der Waals surface area contributed by atoms with Crippen LogP contribution >= 0.6 is 0 Å². The Hall–Kier alpha value is -1.97. The van der Waals surface area contributed by atoms with Crippen molar-refractivity contribution in [2.75, 3.05) is 0 Å². The molecule has 4 heteroatoms. The van der Waals surface area contributed by atoms with Crippen LogP contribution in [-0.4, -0.2) is 16.9 Å². The standard InChI is InChI=1S/C23H29FN2O/c1-14(2)26-21(27)16-12-22(3)10-15(11-23(22,4)13-16)18-7-8-25-20-6-5-17(24)9-19(18)20/h5-9,14-16H,10-13H2,1-4H3,(H,26,27)/t15-,16?,22-,23+.